The summed E-state index contributed by atoms with van der Waals surface area (Å²) in [6.45, 7) is 1.87. The van der Waals surface area contributed by atoms with E-state index in [1.807, 2.05) is 12.3 Å². The number of nitrogens with zero attached hydrogens (tertiary/aromatic N) is 3. The highest BCUT2D eigenvalue weighted by Gasteiger charge is 2.14. The van der Waals surface area contributed by atoms with Crippen LogP contribution in [0.5, 0.6) is 0 Å². The normalized spacial score (nSPS) is 12.6. The summed E-state index contributed by atoms with van der Waals surface area (Å²) in [5, 5.41) is 9.33. The molecule has 0 aliphatic heterocycles. The molecule has 8 heteroatoms. The van der Waals surface area contributed by atoms with Crippen LogP contribution in [0.1, 0.15) is 28.3 Å². The number of hydrogen-bond donors (Lipinski definition) is 1. The Morgan fingerprint density at radius 1 is 1.55 bits per heavy atom. The van der Waals surface area contributed by atoms with Crippen molar-refractivity contribution in [1.82, 2.24) is 20.1 Å². The smallest absolute Gasteiger partial charge is 0.271 e. The van der Waals surface area contributed by atoms with Crippen LogP contribution in [0.25, 0.3) is 0 Å². The van der Waals surface area contributed by atoms with Crippen molar-refractivity contribution in [2.45, 2.75) is 25.8 Å². The zero-order valence-electron chi connectivity index (χ0n) is 10.8. The van der Waals surface area contributed by atoms with Crippen molar-refractivity contribution in [1.29, 1.82) is 0 Å². The van der Waals surface area contributed by atoms with Crippen LogP contribution in [0, 0.1) is 0 Å². The third kappa shape index (κ3) is 3.83. The molecule has 1 N–H and O–H groups in total. The molecule has 0 bridgehead atoms. The van der Waals surface area contributed by atoms with Gasteiger partial charge < -0.3 is 5.32 Å². The summed E-state index contributed by atoms with van der Waals surface area (Å²) in [5.74, 6) is -0.275. The Balaban J connectivity index is 1.87. The van der Waals surface area contributed by atoms with E-state index in [9.17, 15) is 13.6 Å². The lowest BCUT2D eigenvalue weighted by molar-refractivity contribution is 0.0941. The molecule has 1 unspecified atom stereocenters. The Labute approximate surface area is 118 Å². The van der Waals surface area contributed by atoms with Gasteiger partial charge in [0.05, 0.1) is 5.01 Å². The molecule has 0 saturated heterocycles. The van der Waals surface area contributed by atoms with E-state index in [4.69, 9.17) is 0 Å². The van der Waals surface area contributed by atoms with Crippen molar-refractivity contribution < 1.29 is 13.6 Å². The van der Waals surface area contributed by atoms with Crippen LogP contribution < -0.4 is 5.32 Å². The molecule has 2 heterocycles. The number of rotatable bonds is 6. The highest BCUT2D eigenvalue weighted by Crippen LogP contribution is 2.16. The number of nitrogens with one attached hydrogen (secondary N) is 1. The molecule has 20 heavy (non-hydrogen) atoms. The van der Waals surface area contributed by atoms with Gasteiger partial charge in [-0.05, 0) is 6.07 Å². The van der Waals surface area contributed by atoms with E-state index in [1.54, 1.807) is 6.20 Å². The Hall–Kier alpha value is -1.83. The topological polar surface area (TPSA) is 59.8 Å². The minimum atomic E-state index is -2.49. The maximum atomic E-state index is 12.2. The molecular formula is C12H14F2N4OS. The van der Waals surface area contributed by atoms with Gasteiger partial charge in [-0.15, -0.1) is 11.3 Å². The summed E-state index contributed by atoms with van der Waals surface area (Å²) in [6.07, 6.45) is 0.589. The van der Waals surface area contributed by atoms with Crippen LogP contribution in [-0.2, 0) is 6.54 Å². The number of aromatic nitrogens is 3. The lowest BCUT2D eigenvalue weighted by Gasteiger charge is -2.08. The second-order valence-corrected chi connectivity index (χ2v) is 5.22. The van der Waals surface area contributed by atoms with Gasteiger partial charge in [0.2, 0.25) is 0 Å². The SMILES string of the molecule is CC(CNC(=O)c1ccn(CC(F)F)n1)c1nccs1. The predicted molar refractivity (Wildman–Crippen MR) is 71.1 cm³/mol. The van der Waals surface area contributed by atoms with Crippen molar-refractivity contribution in [3.05, 3.63) is 34.5 Å². The van der Waals surface area contributed by atoms with Gasteiger partial charge in [-0.3, -0.25) is 9.48 Å². The highest BCUT2D eigenvalue weighted by molar-refractivity contribution is 7.09. The number of alkyl halides is 2. The van der Waals surface area contributed by atoms with Gasteiger partial charge in [-0.1, -0.05) is 6.92 Å². The van der Waals surface area contributed by atoms with Gasteiger partial charge in [-0.25, -0.2) is 13.8 Å². The molecule has 2 aromatic heterocycles. The van der Waals surface area contributed by atoms with E-state index < -0.39 is 13.0 Å². The number of carbonyl (C=O) groups is 1. The average molecular weight is 300 g/mol. The molecule has 0 saturated carbocycles. The van der Waals surface area contributed by atoms with Crippen LogP contribution >= 0.6 is 11.3 Å². The molecule has 0 radical (unpaired) electrons. The van der Waals surface area contributed by atoms with Gasteiger partial charge >= 0.3 is 0 Å². The Kier molecular flexibility index (Phi) is 4.78. The van der Waals surface area contributed by atoms with E-state index in [2.05, 4.69) is 15.4 Å². The monoisotopic (exact) mass is 300 g/mol. The quantitative estimate of drug-likeness (QED) is 0.889. The number of thiazole rings is 1. The van der Waals surface area contributed by atoms with Crippen molar-refractivity contribution in [2.24, 2.45) is 0 Å². The summed E-state index contributed by atoms with van der Waals surface area (Å²) < 4.78 is 25.4. The Bertz CT molecular complexity index is 556. The summed E-state index contributed by atoms with van der Waals surface area (Å²) >= 11 is 1.52. The van der Waals surface area contributed by atoms with E-state index in [0.29, 0.717) is 6.54 Å². The van der Waals surface area contributed by atoms with Crippen molar-refractivity contribution >= 4 is 17.2 Å². The van der Waals surface area contributed by atoms with Gasteiger partial charge in [0.1, 0.15) is 12.2 Å². The van der Waals surface area contributed by atoms with Crippen LogP contribution in [0.3, 0.4) is 0 Å². The van der Waals surface area contributed by atoms with Crippen molar-refractivity contribution in [3.8, 4) is 0 Å². The summed E-state index contributed by atoms with van der Waals surface area (Å²) in [6, 6.07) is 1.42. The van der Waals surface area contributed by atoms with Crippen LogP contribution in [0.15, 0.2) is 23.8 Å². The van der Waals surface area contributed by atoms with Gasteiger partial charge in [0.25, 0.3) is 12.3 Å². The Morgan fingerprint density at radius 3 is 3.00 bits per heavy atom. The first-order valence-electron chi connectivity index (χ1n) is 6.05. The van der Waals surface area contributed by atoms with Gasteiger partial charge in [0.15, 0.2) is 0 Å². The number of carbonyl (C=O) groups excluding carboxylic acids is 1. The lowest BCUT2D eigenvalue weighted by atomic mass is 10.2. The second-order valence-electron chi connectivity index (χ2n) is 4.30. The molecule has 5 nitrogen and oxygen atoms in total. The largest absolute Gasteiger partial charge is 0.350 e. The van der Waals surface area contributed by atoms with Gasteiger partial charge in [-0.2, -0.15) is 5.10 Å². The zero-order chi connectivity index (χ0) is 14.5. The number of hydrogen-bond acceptors (Lipinski definition) is 4. The lowest BCUT2D eigenvalue weighted by Crippen LogP contribution is -2.28. The first-order valence-corrected chi connectivity index (χ1v) is 6.93. The summed E-state index contributed by atoms with van der Waals surface area (Å²) in [4.78, 5) is 16.0. The van der Waals surface area contributed by atoms with E-state index in [-0.39, 0.29) is 17.5 Å². The first kappa shape index (κ1) is 14.6. The second kappa shape index (κ2) is 6.56. The van der Waals surface area contributed by atoms with Gasteiger partial charge in [0, 0.05) is 30.2 Å². The maximum absolute atomic E-state index is 12.2. The third-order valence-corrected chi connectivity index (χ3v) is 3.65. The number of amides is 1. The Morgan fingerprint density at radius 2 is 2.35 bits per heavy atom. The molecule has 0 spiro atoms. The molecule has 108 valence electrons. The fourth-order valence-electron chi connectivity index (χ4n) is 1.63. The van der Waals surface area contributed by atoms with E-state index in [0.717, 1.165) is 9.69 Å². The fraction of sp³-hybridized carbons (Fsp3) is 0.417. The summed E-state index contributed by atoms with van der Waals surface area (Å²) in [7, 11) is 0. The summed E-state index contributed by atoms with van der Waals surface area (Å²) in [5.41, 5.74) is 0.136. The molecule has 1 amide bonds. The molecule has 0 aliphatic carbocycles. The van der Waals surface area contributed by atoms with Crippen molar-refractivity contribution in [3.63, 3.8) is 0 Å². The van der Waals surface area contributed by atoms with Crippen LogP contribution in [0.2, 0.25) is 0 Å². The molecular weight excluding hydrogens is 286 g/mol. The zero-order valence-corrected chi connectivity index (χ0v) is 11.6. The van der Waals surface area contributed by atoms with E-state index >= 15 is 0 Å². The molecule has 1 atom stereocenters. The third-order valence-electron chi connectivity index (χ3n) is 2.64. The molecule has 0 aliphatic rings. The minimum Gasteiger partial charge on any atom is -0.350 e. The standard InChI is InChI=1S/C12H14F2N4OS/c1-8(12-15-3-5-20-12)6-16-11(19)9-2-4-18(17-9)7-10(13)14/h2-5,8,10H,6-7H2,1H3,(H,16,19). The predicted octanol–water partition coefficient (Wildman–Crippen LogP) is 2.14. The highest BCUT2D eigenvalue weighted by atomic mass is 32.1. The molecule has 2 rings (SSSR count). The average Bonchev–Trinajstić information content (AvgIpc) is 3.05. The van der Waals surface area contributed by atoms with Crippen LogP contribution in [0.4, 0.5) is 8.78 Å². The molecule has 0 aromatic carbocycles. The minimum absolute atomic E-state index is 0.0992. The molecule has 0 fully saturated rings. The van der Waals surface area contributed by atoms with Crippen LogP contribution in [-0.4, -0.2) is 33.6 Å². The number of halogens is 2. The fourth-order valence-corrected chi connectivity index (χ4v) is 2.33. The van der Waals surface area contributed by atoms with Crippen molar-refractivity contribution in [2.75, 3.05) is 6.54 Å². The van der Waals surface area contributed by atoms with E-state index in [1.165, 1.54) is 23.6 Å². The molecule has 2 aromatic rings. The maximum Gasteiger partial charge on any atom is 0.271 e. The first-order chi connectivity index (χ1) is 9.56.